The van der Waals surface area contributed by atoms with Crippen LogP contribution in [0.2, 0.25) is 5.02 Å². The highest BCUT2D eigenvalue weighted by Crippen LogP contribution is 2.28. The standard InChI is InChI=1S/C27H27ClN4O3S/c1-16-15-36-26(29-16)17(2)32(3)27(35)19-10-13-21-23(14-19)30-22(6-4-5-7-24(33)34)25(31-21)18-8-11-20(28)12-9-18/h8-15,17H,4-7H2,1-3H3,(H,33,34)/t17-/m1/s1. The molecule has 0 spiro atoms. The van der Waals surface area contributed by atoms with Gasteiger partial charge in [0.2, 0.25) is 0 Å². The molecule has 4 rings (SSSR count). The van der Waals surface area contributed by atoms with Gasteiger partial charge in [-0.1, -0.05) is 23.7 Å². The average molecular weight is 523 g/mol. The molecule has 0 saturated heterocycles. The number of aliphatic carboxylic acids is 1. The van der Waals surface area contributed by atoms with Gasteiger partial charge in [0.1, 0.15) is 5.01 Å². The molecule has 0 aliphatic heterocycles. The third kappa shape index (κ3) is 5.88. The van der Waals surface area contributed by atoms with Gasteiger partial charge in [0.25, 0.3) is 5.91 Å². The van der Waals surface area contributed by atoms with Gasteiger partial charge in [-0.15, -0.1) is 11.3 Å². The number of benzene rings is 2. The number of nitrogens with zero attached hydrogens (tertiary/aromatic N) is 4. The van der Waals surface area contributed by atoms with Crippen LogP contribution < -0.4 is 0 Å². The van der Waals surface area contributed by atoms with Crippen molar-refractivity contribution >= 4 is 45.8 Å². The van der Waals surface area contributed by atoms with Crippen molar-refractivity contribution in [1.29, 1.82) is 0 Å². The number of rotatable bonds is 9. The highest BCUT2D eigenvalue weighted by molar-refractivity contribution is 7.09. The second-order valence-electron chi connectivity index (χ2n) is 8.75. The maximum absolute atomic E-state index is 13.3. The van der Waals surface area contributed by atoms with Gasteiger partial charge in [-0.2, -0.15) is 0 Å². The molecule has 0 aliphatic rings. The molecule has 0 fully saturated rings. The molecular weight excluding hydrogens is 496 g/mol. The van der Waals surface area contributed by atoms with Crippen molar-refractivity contribution in [3.8, 4) is 11.3 Å². The predicted molar refractivity (Wildman–Crippen MR) is 143 cm³/mol. The van der Waals surface area contributed by atoms with Crippen LogP contribution in [0.3, 0.4) is 0 Å². The van der Waals surface area contributed by atoms with Crippen molar-refractivity contribution in [3.05, 3.63) is 74.8 Å². The first-order valence-electron chi connectivity index (χ1n) is 11.7. The monoisotopic (exact) mass is 522 g/mol. The minimum atomic E-state index is -0.813. The number of carboxylic acid groups (broad SMARTS) is 1. The second-order valence-corrected chi connectivity index (χ2v) is 10.1. The Morgan fingerprint density at radius 1 is 1.06 bits per heavy atom. The molecule has 9 heteroatoms. The van der Waals surface area contributed by atoms with Crippen LogP contribution in [-0.2, 0) is 11.2 Å². The Morgan fingerprint density at radius 3 is 2.47 bits per heavy atom. The maximum atomic E-state index is 13.3. The summed E-state index contributed by atoms with van der Waals surface area (Å²) in [5.41, 5.74) is 5.15. The molecule has 0 saturated carbocycles. The summed E-state index contributed by atoms with van der Waals surface area (Å²) < 4.78 is 0. The Balaban J connectivity index is 1.66. The van der Waals surface area contributed by atoms with E-state index in [-0.39, 0.29) is 18.4 Å². The van der Waals surface area contributed by atoms with Crippen LogP contribution in [0.5, 0.6) is 0 Å². The molecule has 7 nitrogen and oxygen atoms in total. The minimum Gasteiger partial charge on any atom is -0.481 e. The van der Waals surface area contributed by atoms with E-state index in [4.69, 9.17) is 26.7 Å². The number of aromatic nitrogens is 3. The lowest BCUT2D eigenvalue weighted by Gasteiger charge is -2.23. The zero-order valence-electron chi connectivity index (χ0n) is 20.4. The molecule has 0 bridgehead atoms. The van der Waals surface area contributed by atoms with Crippen molar-refractivity contribution in [2.24, 2.45) is 0 Å². The summed E-state index contributed by atoms with van der Waals surface area (Å²) in [4.78, 5) is 40.1. The fourth-order valence-corrected chi connectivity index (χ4v) is 4.94. The van der Waals surface area contributed by atoms with Crippen LogP contribution in [0, 0.1) is 6.92 Å². The second kappa shape index (κ2) is 11.1. The van der Waals surface area contributed by atoms with Crippen LogP contribution >= 0.6 is 22.9 Å². The van der Waals surface area contributed by atoms with Gasteiger partial charge in [0, 0.05) is 40.7 Å². The van der Waals surface area contributed by atoms with Crippen molar-refractivity contribution in [1.82, 2.24) is 19.9 Å². The lowest BCUT2D eigenvalue weighted by Crippen LogP contribution is -2.29. The highest BCUT2D eigenvalue weighted by atomic mass is 35.5. The van der Waals surface area contributed by atoms with E-state index in [1.54, 1.807) is 47.5 Å². The molecule has 186 valence electrons. The fraction of sp³-hybridized carbons (Fsp3) is 0.296. The molecule has 2 heterocycles. The lowest BCUT2D eigenvalue weighted by molar-refractivity contribution is -0.137. The summed E-state index contributed by atoms with van der Waals surface area (Å²) in [6.45, 7) is 3.90. The normalized spacial score (nSPS) is 12.0. The summed E-state index contributed by atoms with van der Waals surface area (Å²) in [7, 11) is 1.77. The number of fused-ring (bicyclic) bond motifs is 1. The summed E-state index contributed by atoms with van der Waals surface area (Å²) in [6.07, 6.45) is 1.90. The number of amides is 1. The number of carbonyl (C=O) groups excluding carboxylic acids is 1. The molecule has 0 radical (unpaired) electrons. The van der Waals surface area contributed by atoms with E-state index in [0.717, 1.165) is 27.7 Å². The molecule has 1 atom stereocenters. The van der Waals surface area contributed by atoms with Crippen molar-refractivity contribution < 1.29 is 14.7 Å². The van der Waals surface area contributed by atoms with Gasteiger partial charge in [0.15, 0.2) is 0 Å². The zero-order valence-corrected chi connectivity index (χ0v) is 21.9. The number of thiazole rings is 1. The van der Waals surface area contributed by atoms with Gasteiger partial charge >= 0.3 is 5.97 Å². The Labute approximate surface area is 218 Å². The van der Waals surface area contributed by atoms with E-state index in [0.29, 0.717) is 40.9 Å². The zero-order chi connectivity index (χ0) is 25.8. The Bertz CT molecular complexity index is 1400. The van der Waals surface area contributed by atoms with E-state index in [2.05, 4.69) is 4.98 Å². The molecule has 4 aromatic rings. The largest absolute Gasteiger partial charge is 0.481 e. The number of hydrogen-bond acceptors (Lipinski definition) is 6. The number of carbonyl (C=O) groups is 2. The number of carboxylic acids is 1. The summed E-state index contributed by atoms with van der Waals surface area (Å²) in [5.74, 6) is -0.934. The quantitative estimate of drug-likeness (QED) is 0.257. The predicted octanol–water partition coefficient (Wildman–Crippen LogP) is 6.35. The SMILES string of the molecule is Cc1csc([C@@H](C)N(C)C(=O)c2ccc3nc(-c4ccc(Cl)cc4)c(CCCCC(=O)O)nc3c2)n1. The van der Waals surface area contributed by atoms with Crippen LogP contribution in [0.1, 0.15) is 59.0 Å². The number of hydrogen-bond donors (Lipinski definition) is 1. The third-order valence-corrected chi connectivity index (χ3v) is 7.44. The first-order valence-corrected chi connectivity index (χ1v) is 13.0. The molecule has 2 aromatic carbocycles. The number of aryl methyl sites for hydroxylation is 2. The maximum Gasteiger partial charge on any atom is 0.303 e. The molecular formula is C27H27ClN4O3S. The first kappa shape index (κ1) is 25.7. The molecule has 1 amide bonds. The van der Waals surface area contributed by atoms with Gasteiger partial charge in [-0.05, 0) is 63.4 Å². The molecule has 0 aliphatic carbocycles. The van der Waals surface area contributed by atoms with E-state index in [1.165, 1.54) is 0 Å². The van der Waals surface area contributed by atoms with Crippen LogP contribution in [0.25, 0.3) is 22.3 Å². The van der Waals surface area contributed by atoms with Crippen molar-refractivity contribution in [3.63, 3.8) is 0 Å². The number of unbranched alkanes of at least 4 members (excludes halogenated alkanes) is 1. The molecule has 36 heavy (non-hydrogen) atoms. The molecule has 2 aromatic heterocycles. The summed E-state index contributed by atoms with van der Waals surface area (Å²) in [5, 5.41) is 12.5. The molecule has 0 unspecified atom stereocenters. The van der Waals surface area contributed by atoms with E-state index < -0.39 is 5.97 Å². The Kier molecular flexibility index (Phi) is 7.96. The van der Waals surface area contributed by atoms with Crippen LogP contribution in [0.4, 0.5) is 0 Å². The third-order valence-electron chi connectivity index (χ3n) is 6.05. The van der Waals surface area contributed by atoms with E-state index in [9.17, 15) is 9.59 Å². The van der Waals surface area contributed by atoms with Crippen molar-refractivity contribution in [2.75, 3.05) is 7.05 Å². The number of halogens is 1. The summed E-state index contributed by atoms with van der Waals surface area (Å²) >= 11 is 7.61. The van der Waals surface area contributed by atoms with Crippen LogP contribution in [-0.4, -0.2) is 43.9 Å². The Hall–Kier alpha value is -3.36. The van der Waals surface area contributed by atoms with E-state index >= 15 is 0 Å². The van der Waals surface area contributed by atoms with Crippen molar-refractivity contribution in [2.45, 2.75) is 45.6 Å². The lowest BCUT2D eigenvalue weighted by atomic mass is 10.0. The van der Waals surface area contributed by atoms with Gasteiger partial charge in [0.05, 0.1) is 28.5 Å². The van der Waals surface area contributed by atoms with Gasteiger partial charge < -0.3 is 10.0 Å². The smallest absolute Gasteiger partial charge is 0.303 e. The average Bonchev–Trinajstić information content (AvgIpc) is 3.31. The highest BCUT2D eigenvalue weighted by Gasteiger charge is 2.22. The van der Waals surface area contributed by atoms with Gasteiger partial charge in [-0.25, -0.2) is 15.0 Å². The molecule has 1 N–H and O–H groups in total. The van der Waals surface area contributed by atoms with Gasteiger partial charge in [-0.3, -0.25) is 9.59 Å². The van der Waals surface area contributed by atoms with Crippen LogP contribution in [0.15, 0.2) is 47.8 Å². The minimum absolute atomic E-state index is 0.110. The fourth-order valence-electron chi connectivity index (χ4n) is 3.92. The Morgan fingerprint density at radius 2 is 1.81 bits per heavy atom. The topological polar surface area (TPSA) is 96.3 Å². The summed E-state index contributed by atoms with van der Waals surface area (Å²) in [6, 6.07) is 12.6. The van der Waals surface area contributed by atoms with E-state index in [1.807, 2.05) is 37.4 Å². The first-order chi connectivity index (χ1) is 17.2.